The van der Waals surface area contributed by atoms with Crippen LogP contribution in [0, 0.1) is 6.92 Å². The van der Waals surface area contributed by atoms with E-state index in [1.54, 1.807) is 20.0 Å². The summed E-state index contributed by atoms with van der Waals surface area (Å²) in [7, 11) is 0. The third-order valence-electron chi connectivity index (χ3n) is 2.37. The standard InChI is InChI=1S/C11H17N3O4/c1-6-5-13-11(18-6)7(2)14-10(17)8(12)3-4-9(15)16/h5,7-8H,3-4,12H2,1-2H3,(H,14,17)(H,15,16). The number of rotatable bonds is 6. The summed E-state index contributed by atoms with van der Waals surface area (Å²) in [6, 6.07) is -1.25. The van der Waals surface area contributed by atoms with E-state index in [-0.39, 0.29) is 12.8 Å². The molecule has 0 fully saturated rings. The lowest BCUT2D eigenvalue weighted by molar-refractivity contribution is -0.137. The summed E-state index contributed by atoms with van der Waals surface area (Å²) in [5.74, 6) is -0.346. The molecule has 1 rings (SSSR count). The summed E-state index contributed by atoms with van der Waals surface area (Å²) >= 11 is 0. The average Bonchev–Trinajstić information content (AvgIpc) is 2.72. The maximum atomic E-state index is 11.6. The third kappa shape index (κ3) is 4.17. The number of aromatic nitrogens is 1. The molecule has 0 spiro atoms. The van der Waals surface area contributed by atoms with Crippen molar-refractivity contribution in [3.05, 3.63) is 17.8 Å². The van der Waals surface area contributed by atoms with Crippen LogP contribution in [0.25, 0.3) is 0 Å². The van der Waals surface area contributed by atoms with Crippen molar-refractivity contribution in [1.82, 2.24) is 10.3 Å². The van der Waals surface area contributed by atoms with Gasteiger partial charge in [-0.1, -0.05) is 0 Å². The number of aryl methyl sites for hydroxylation is 1. The summed E-state index contributed by atoms with van der Waals surface area (Å²) in [5.41, 5.74) is 5.57. The minimum atomic E-state index is -0.977. The number of carbonyl (C=O) groups excluding carboxylic acids is 1. The van der Waals surface area contributed by atoms with E-state index in [0.29, 0.717) is 11.7 Å². The molecule has 1 amide bonds. The molecule has 2 unspecified atom stereocenters. The molecule has 7 heteroatoms. The van der Waals surface area contributed by atoms with Crippen LogP contribution in [-0.4, -0.2) is 28.0 Å². The first-order chi connectivity index (χ1) is 8.40. The Morgan fingerprint density at radius 3 is 2.78 bits per heavy atom. The maximum Gasteiger partial charge on any atom is 0.303 e. The van der Waals surface area contributed by atoms with Gasteiger partial charge in [-0.3, -0.25) is 9.59 Å². The van der Waals surface area contributed by atoms with Crippen molar-refractivity contribution in [2.24, 2.45) is 5.73 Å². The first-order valence-electron chi connectivity index (χ1n) is 5.60. The van der Waals surface area contributed by atoms with Gasteiger partial charge >= 0.3 is 5.97 Å². The molecule has 0 aliphatic rings. The quantitative estimate of drug-likeness (QED) is 0.675. The minimum absolute atomic E-state index is 0.0957. The number of nitrogens with two attached hydrogens (primary N) is 1. The number of nitrogens with zero attached hydrogens (tertiary/aromatic N) is 1. The summed E-state index contributed by atoms with van der Waals surface area (Å²) in [6.45, 7) is 3.47. The zero-order chi connectivity index (χ0) is 13.7. The van der Waals surface area contributed by atoms with Crippen molar-refractivity contribution in [3.8, 4) is 0 Å². The lowest BCUT2D eigenvalue weighted by Gasteiger charge is -2.14. The van der Waals surface area contributed by atoms with Crippen molar-refractivity contribution in [2.75, 3.05) is 0 Å². The van der Waals surface area contributed by atoms with Gasteiger partial charge in [-0.25, -0.2) is 4.98 Å². The van der Waals surface area contributed by atoms with Gasteiger partial charge in [-0.2, -0.15) is 0 Å². The molecular formula is C11H17N3O4. The van der Waals surface area contributed by atoms with Gasteiger partial charge in [0.1, 0.15) is 11.8 Å². The fourth-order valence-corrected chi connectivity index (χ4v) is 1.36. The number of oxazole rings is 1. The van der Waals surface area contributed by atoms with E-state index in [9.17, 15) is 9.59 Å². The molecule has 100 valence electrons. The van der Waals surface area contributed by atoms with Crippen molar-refractivity contribution in [2.45, 2.75) is 38.8 Å². The van der Waals surface area contributed by atoms with Crippen LogP contribution >= 0.6 is 0 Å². The Hall–Kier alpha value is -1.89. The topological polar surface area (TPSA) is 118 Å². The Bertz CT molecular complexity index is 430. The van der Waals surface area contributed by atoms with Crippen LogP contribution in [0.15, 0.2) is 10.6 Å². The molecule has 18 heavy (non-hydrogen) atoms. The summed E-state index contributed by atoms with van der Waals surface area (Å²) in [6.07, 6.45) is 1.52. The molecule has 0 aliphatic heterocycles. The molecular weight excluding hydrogens is 238 g/mol. The number of amides is 1. The number of hydrogen-bond acceptors (Lipinski definition) is 5. The Morgan fingerprint density at radius 2 is 2.28 bits per heavy atom. The first-order valence-corrected chi connectivity index (χ1v) is 5.60. The number of aliphatic carboxylic acids is 1. The zero-order valence-corrected chi connectivity index (χ0v) is 10.3. The Kier molecular flexibility index (Phi) is 4.85. The van der Waals surface area contributed by atoms with Gasteiger partial charge < -0.3 is 20.6 Å². The van der Waals surface area contributed by atoms with E-state index in [1.807, 2.05) is 0 Å². The van der Waals surface area contributed by atoms with E-state index < -0.39 is 24.0 Å². The van der Waals surface area contributed by atoms with Gasteiger partial charge in [0, 0.05) is 6.42 Å². The zero-order valence-electron chi connectivity index (χ0n) is 10.3. The Balaban J connectivity index is 2.46. The number of hydrogen-bond donors (Lipinski definition) is 3. The highest BCUT2D eigenvalue weighted by Gasteiger charge is 2.19. The van der Waals surface area contributed by atoms with Crippen molar-refractivity contribution >= 4 is 11.9 Å². The molecule has 0 saturated carbocycles. The molecule has 1 aromatic heterocycles. The van der Waals surface area contributed by atoms with Crippen LogP contribution in [0.1, 0.15) is 37.5 Å². The number of nitrogens with one attached hydrogen (secondary N) is 1. The lowest BCUT2D eigenvalue weighted by atomic mass is 10.1. The second kappa shape index (κ2) is 6.15. The highest BCUT2D eigenvalue weighted by atomic mass is 16.4. The smallest absolute Gasteiger partial charge is 0.303 e. The fourth-order valence-electron chi connectivity index (χ4n) is 1.36. The minimum Gasteiger partial charge on any atom is -0.481 e. The molecule has 0 radical (unpaired) electrons. The van der Waals surface area contributed by atoms with Gasteiger partial charge in [-0.15, -0.1) is 0 Å². The monoisotopic (exact) mass is 255 g/mol. The predicted octanol–water partition coefficient (Wildman–Crippen LogP) is 0.352. The van der Waals surface area contributed by atoms with Gasteiger partial charge in [0.2, 0.25) is 11.8 Å². The van der Waals surface area contributed by atoms with Crippen LogP contribution in [0.2, 0.25) is 0 Å². The number of carboxylic acids is 1. The number of carbonyl (C=O) groups is 2. The normalized spacial score (nSPS) is 13.9. The first kappa shape index (κ1) is 14.2. The Morgan fingerprint density at radius 1 is 1.61 bits per heavy atom. The van der Waals surface area contributed by atoms with Gasteiger partial charge in [-0.05, 0) is 20.3 Å². The van der Waals surface area contributed by atoms with Crippen LogP contribution in [0.5, 0.6) is 0 Å². The fraction of sp³-hybridized carbons (Fsp3) is 0.545. The van der Waals surface area contributed by atoms with E-state index in [0.717, 1.165) is 0 Å². The molecule has 2 atom stereocenters. The van der Waals surface area contributed by atoms with Gasteiger partial charge in [0.25, 0.3) is 0 Å². The largest absolute Gasteiger partial charge is 0.481 e. The predicted molar refractivity (Wildman–Crippen MR) is 62.6 cm³/mol. The van der Waals surface area contributed by atoms with Crippen molar-refractivity contribution in [1.29, 1.82) is 0 Å². The van der Waals surface area contributed by atoms with E-state index >= 15 is 0 Å². The molecule has 1 aromatic rings. The second-order valence-electron chi connectivity index (χ2n) is 4.08. The molecule has 0 aromatic carbocycles. The van der Waals surface area contributed by atoms with E-state index in [1.165, 1.54) is 0 Å². The van der Waals surface area contributed by atoms with Gasteiger partial charge in [0.05, 0.1) is 12.2 Å². The molecule has 0 aliphatic carbocycles. The molecule has 0 saturated heterocycles. The average molecular weight is 255 g/mol. The highest BCUT2D eigenvalue weighted by molar-refractivity contribution is 5.82. The SMILES string of the molecule is Cc1cnc(C(C)NC(=O)C(N)CCC(=O)O)o1. The van der Waals surface area contributed by atoms with Crippen LogP contribution < -0.4 is 11.1 Å². The lowest BCUT2D eigenvalue weighted by Crippen LogP contribution is -2.41. The summed E-state index contributed by atoms with van der Waals surface area (Å²) < 4.78 is 5.26. The summed E-state index contributed by atoms with van der Waals surface area (Å²) in [4.78, 5) is 26.0. The van der Waals surface area contributed by atoms with Crippen LogP contribution in [0.3, 0.4) is 0 Å². The molecule has 0 bridgehead atoms. The molecule has 1 heterocycles. The van der Waals surface area contributed by atoms with Crippen molar-refractivity contribution in [3.63, 3.8) is 0 Å². The van der Waals surface area contributed by atoms with Crippen LogP contribution in [-0.2, 0) is 9.59 Å². The van der Waals surface area contributed by atoms with Crippen LogP contribution in [0.4, 0.5) is 0 Å². The molecule has 4 N–H and O–H groups in total. The maximum absolute atomic E-state index is 11.6. The number of carboxylic acid groups (broad SMARTS) is 1. The third-order valence-corrected chi connectivity index (χ3v) is 2.37. The Labute approximate surface area is 104 Å². The van der Waals surface area contributed by atoms with E-state index in [4.69, 9.17) is 15.3 Å². The summed E-state index contributed by atoms with van der Waals surface area (Å²) in [5, 5.41) is 11.1. The highest BCUT2D eigenvalue weighted by Crippen LogP contribution is 2.12. The molecule has 7 nitrogen and oxygen atoms in total. The van der Waals surface area contributed by atoms with Crippen molar-refractivity contribution < 1.29 is 19.1 Å². The van der Waals surface area contributed by atoms with E-state index in [2.05, 4.69) is 10.3 Å². The second-order valence-corrected chi connectivity index (χ2v) is 4.08. The van der Waals surface area contributed by atoms with Gasteiger partial charge in [0.15, 0.2) is 0 Å².